The highest BCUT2D eigenvalue weighted by atomic mass is 16.6. The minimum absolute atomic E-state index is 0.0111. The Morgan fingerprint density at radius 1 is 0.315 bits per heavy atom. The van der Waals surface area contributed by atoms with Crippen LogP contribution in [0.2, 0.25) is 0 Å². The first-order valence-electron chi connectivity index (χ1n) is 50.3. The lowest BCUT2D eigenvalue weighted by atomic mass is 9.81. The molecule has 0 fully saturated rings. The van der Waals surface area contributed by atoms with Gasteiger partial charge in [0.05, 0.1) is 135 Å². The molecule has 1 rings (SSSR count). The van der Waals surface area contributed by atoms with E-state index in [9.17, 15) is 63.3 Å². The normalized spacial score (nSPS) is 13.9. The number of rotatable bonds is 68. The third-order valence-electron chi connectivity index (χ3n) is 18.2. The Morgan fingerprint density at radius 2 is 0.611 bits per heavy atom. The van der Waals surface area contributed by atoms with Crippen molar-refractivity contribution in [2.45, 2.75) is 247 Å². The number of hydrogen-bond acceptors (Lipinski definition) is 31. The number of amides is 1. The second-order valence-electron chi connectivity index (χ2n) is 34.7. The van der Waals surface area contributed by atoms with Gasteiger partial charge in [0.1, 0.15) is 51.3 Å². The van der Waals surface area contributed by atoms with Gasteiger partial charge in [-0.3, -0.25) is 4.79 Å². The van der Waals surface area contributed by atoms with E-state index in [1.54, 1.807) is 135 Å². The first-order valence-corrected chi connectivity index (χ1v) is 50.3. The zero-order valence-corrected chi connectivity index (χ0v) is 93.3. The molecule has 149 heavy (non-hydrogen) atoms. The quantitative estimate of drug-likeness (QED) is 0.0133. The number of carbonyl (C=O) groups excluding carboxylic acids is 10. The molecular formula is C117H181NO31. The number of hydrogen-bond donors (Lipinski definition) is 5. The van der Waals surface area contributed by atoms with Crippen LogP contribution in [-0.2, 0) is 135 Å². The van der Waals surface area contributed by atoms with Gasteiger partial charge in [-0.15, -0.1) is 0 Å². The highest BCUT2D eigenvalue weighted by molar-refractivity contribution is 5.88. The van der Waals surface area contributed by atoms with Gasteiger partial charge in [-0.1, -0.05) is 281 Å². The summed E-state index contributed by atoms with van der Waals surface area (Å²) in [4.78, 5) is 114. The minimum atomic E-state index is -0.780. The summed E-state index contributed by atoms with van der Waals surface area (Å²) in [7, 11) is 0. The number of aliphatic hydroxyl groups is 4. The van der Waals surface area contributed by atoms with Crippen LogP contribution in [-0.4, -0.2) is 267 Å². The standard InChI is InChI=1S/C20H30O8.C20H30O4.C19H34O5.C18H26O6.C16H20O3.C14H24O3.C10H17NO2/c1-3-5-7-9-19(23)27-17(13-21)15-25-11-12-26-16-18(14-22)28-20(24)10-8-6-4-2;1-7-9-11-13-17(21)23-15-20(5,6)19(16(3)4)24-18(22)14-12-10-8-2;1-6-8-10-11-19(20)24-15-18(5)23-14-17(4)22-13-16(3)21-12-9-7-2;1-3-5-7-9-17(19)23-15-13-21-11-12-22-14-16-24-18(20)10-8-6-4-2;1-3-4-6-11-16(17)19-12-14(2)18-13-15-9-7-5-8-10-15;1-6-7-8-9-12(15)17-10-14(4,5)13(16)11(2)3;1-4-5-6-7-9(13)11-10(2,3)8-12/h3-10,17-18,21-22H,11-16H2,1-2H3;7-14,16,19H,15H2,1-6H3;6,8,10-11,16-18H,7,9,12-15H2,1-5H3;3-10H,11-16H2,1-2H3;3-11,14H,12-13H2,1-2H3;6-9,11,13,16H,10H2,1-5H3;4-7,12H,8H2,1-3H3,(H,11,13)/b5-3+,6-4+,9-7+,10-8+;9-7+,10-8+,13-11+,14-12+;8-6+,11-10+;5-3+,6-4+,9-7+,10-8+;4-3+,11-6+;7-6+,9-8+;5-4+,7-6+. The molecule has 8 atom stereocenters. The summed E-state index contributed by atoms with van der Waals surface area (Å²) in [6, 6.07) is 9.90. The molecule has 0 aliphatic carbocycles. The summed E-state index contributed by atoms with van der Waals surface area (Å²) in [6.07, 6.45) is 64.8. The Bertz CT molecular complexity index is 4180. The molecule has 0 saturated heterocycles. The van der Waals surface area contributed by atoms with E-state index < -0.39 is 70.5 Å². The van der Waals surface area contributed by atoms with Crippen LogP contribution in [0.15, 0.2) is 273 Å². The molecule has 0 aliphatic rings. The minimum Gasteiger partial charge on any atom is -0.462 e. The van der Waals surface area contributed by atoms with E-state index in [0.717, 1.165) is 25.0 Å². The maximum atomic E-state index is 11.9. The van der Waals surface area contributed by atoms with Crippen LogP contribution in [0.5, 0.6) is 0 Å². The van der Waals surface area contributed by atoms with Crippen molar-refractivity contribution in [3.05, 3.63) is 279 Å². The van der Waals surface area contributed by atoms with E-state index in [2.05, 4.69) is 12.2 Å². The van der Waals surface area contributed by atoms with Crippen molar-refractivity contribution in [3.63, 3.8) is 0 Å². The van der Waals surface area contributed by atoms with Crippen LogP contribution in [0.1, 0.15) is 191 Å². The molecule has 0 radical (unpaired) electrons. The number of nitrogens with one attached hydrogen (secondary N) is 1. The van der Waals surface area contributed by atoms with E-state index in [0.29, 0.717) is 46.2 Å². The molecule has 5 N–H and O–H groups in total. The molecule has 0 bridgehead atoms. The topological polar surface area (TPSA) is 421 Å². The Labute approximate surface area is 889 Å². The Hall–Kier alpha value is -11.8. The number of ether oxygens (including phenoxy) is 17. The van der Waals surface area contributed by atoms with Crippen LogP contribution in [0.4, 0.5) is 0 Å². The smallest absolute Gasteiger partial charge is 0.331 e. The molecule has 8 unspecified atom stereocenters. The van der Waals surface area contributed by atoms with Crippen LogP contribution in [0, 0.1) is 22.7 Å². The fourth-order valence-corrected chi connectivity index (χ4v) is 10.5. The van der Waals surface area contributed by atoms with Gasteiger partial charge in [0.25, 0.3) is 0 Å². The number of aliphatic hydroxyl groups excluding tert-OH is 4. The fourth-order valence-electron chi connectivity index (χ4n) is 10.5. The maximum absolute atomic E-state index is 11.9. The largest absolute Gasteiger partial charge is 0.462 e. The molecule has 32 nitrogen and oxygen atoms in total. The molecule has 0 aromatic heterocycles. The van der Waals surface area contributed by atoms with Crippen molar-refractivity contribution in [3.8, 4) is 0 Å². The molecule has 32 heteroatoms. The van der Waals surface area contributed by atoms with Crippen molar-refractivity contribution < 1.29 is 149 Å². The molecular weight excluding hydrogens is 1920 g/mol. The van der Waals surface area contributed by atoms with Gasteiger partial charge in [0.15, 0.2) is 0 Å². The molecule has 1 amide bonds. The Kier molecular flexibility index (Phi) is 103. The SMILES string of the molecule is C/C=C/C=C/C(=O)NC(C)(C)CO.C/C=C/C=C/C(=O)OC(CO)COCCOCC(CO)OC(=O)/C=C/C=C/C.C/C=C/C=C/C(=O)OCC(C)(C)C(O)C(C)C.C/C=C/C=C/C(=O)OCC(C)(C)C(OC(=O)/C=C/C=C/C)C(C)C.C/C=C/C=C/C(=O)OCC(C)OCC(C)OCC(C)OCCCC.C/C=C/C=C/C(=O)OCC(C)OCc1ccccc1.C/C=C/C=C/C(=O)OCCOCCOCCOC(=O)/C=C/C=C/C. The van der Waals surface area contributed by atoms with Gasteiger partial charge >= 0.3 is 53.7 Å². The first-order chi connectivity index (χ1) is 71.0. The average Bonchev–Trinajstić information content (AvgIpc) is 0.839. The van der Waals surface area contributed by atoms with Crippen molar-refractivity contribution in [1.29, 1.82) is 0 Å². The summed E-state index contributed by atoms with van der Waals surface area (Å²) < 4.78 is 89.5. The highest BCUT2D eigenvalue weighted by Gasteiger charge is 2.37. The Balaban J connectivity index is -0.000000404. The van der Waals surface area contributed by atoms with E-state index in [1.807, 2.05) is 231 Å². The molecule has 0 saturated carbocycles. The number of benzene rings is 1. The van der Waals surface area contributed by atoms with Crippen LogP contribution < -0.4 is 5.32 Å². The fraction of sp³-hybridized carbons (Fsp3) is 0.521. The summed E-state index contributed by atoms with van der Waals surface area (Å²) >= 11 is 0. The number of allylic oxidation sites excluding steroid dienone is 30. The number of esters is 9. The second-order valence-corrected chi connectivity index (χ2v) is 34.7. The second kappa shape index (κ2) is 103. The third-order valence-corrected chi connectivity index (χ3v) is 18.2. The zero-order chi connectivity index (χ0) is 113. The van der Waals surface area contributed by atoms with Crippen molar-refractivity contribution in [2.24, 2.45) is 22.7 Å². The van der Waals surface area contributed by atoms with Gasteiger partial charge in [0, 0.05) is 78.2 Å². The average molecular weight is 2100 g/mol. The molecule has 1 aromatic carbocycles. The summed E-state index contributed by atoms with van der Waals surface area (Å²) in [5.41, 5.74) is -0.383. The van der Waals surface area contributed by atoms with Crippen LogP contribution >= 0.6 is 0 Å². The number of unbranched alkanes of at least 4 members (excludes halogenated alkanes) is 1. The predicted molar refractivity (Wildman–Crippen MR) is 587 cm³/mol. The molecule has 0 heterocycles. The third kappa shape index (κ3) is 103. The molecule has 840 valence electrons. The molecule has 1 aromatic rings. The molecule has 0 aliphatic heterocycles. The van der Waals surface area contributed by atoms with Crippen molar-refractivity contribution in [1.82, 2.24) is 5.32 Å². The summed E-state index contributed by atoms with van der Waals surface area (Å²) in [5, 5.41) is 39.9. The van der Waals surface area contributed by atoms with Crippen LogP contribution in [0.3, 0.4) is 0 Å². The van der Waals surface area contributed by atoms with Gasteiger partial charge in [-0.2, -0.15) is 0 Å². The van der Waals surface area contributed by atoms with Crippen molar-refractivity contribution >= 4 is 59.6 Å². The maximum Gasteiger partial charge on any atom is 0.331 e. The summed E-state index contributed by atoms with van der Waals surface area (Å²) in [6.45, 7) is 51.9. The lowest BCUT2D eigenvalue weighted by Crippen LogP contribution is -2.45. The van der Waals surface area contributed by atoms with E-state index in [-0.39, 0.29) is 152 Å². The van der Waals surface area contributed by atoms with Gasteiger partial charge < -0.3 is 106 Å². The van der Waals surface area contributed by atoms with Gasteiger partial charge in [-0.25, -0.2) is 43.2 Å². The predicted octanol–water partition coefficient (Wildman–Crippen LogP) is 18.5. The van der Waals surface area contributed by atoms with Crippen molar-refractivity contribution in [2.75, 3.05) is 132 Å². The Morgan fingerprint density at radius 3 is 0.940 bits per heavy atom. The number of carbonyl (C=O) groups is 10. The molecule has 0 spiro atoms. The zero-order valence-electron chi connectivity index (χ0n) is 93.3. The summed E-state index contributed by atoms with van der Waals surface area (Å²) in [5.74, 6) is -3.85. The van der Waals surface area contributed by atoms with Gasteiger partial charge in [-0.05, 0) is 135 Å². The van der Waals surface area contributed by atoms with E-state index in [4.69, 9.17) is 85.6 Å². The highest BCUT2D eigenvalue weighted by Crippen LogP contribution is 2.30. The lowest BCUT2D eigenvalue weighted by Gasteiger charge is -2.35. The van der Waals surface area contributed by atoms with Gasteiger partial charge in [0.2, 0.25) is 5.91 Å². The monoisotopic (exact) mass is 2100 g/mol. The van der Waals surface area contributed by atoms with E-state index in [1.165, 1.54) is 72.9 Å². The van der Waals surface area contributed by atoms with Crippen LogP contribution in [0.25, 0.3) is 0 Å². The first kappa shape index (κ1) is 148. The van der Waals surface area contributed by atoms with E-state index >= 15 is 0 Å². The lowest BCUT2D eigenvalue weighted by molar-refractivity contribution is -0.159.